The van der Waals surface area contributed by atoms with Crippen LogP contribution in [0.5, 0.6) is 5.75 Å². The highest BCUT2D eigenvalue weighted by molar-refractivity contribution is 5.91. The van der Waals surface area contributed by atoms with Gasteiger partial charge in [0.05, 0.1) is 5.56 Å². The number of phenolic OH excluding ortho intramolecular Hbond substituents is 1. The topological polar surface area (TPSA) is 111 Å². The van der Waals surface area contributed by atoms with Crippen LogP contribution in [-0.4, -0.2) is 22.7 Å². The molecule has 1 aromatic heterocycles. The Bertz CT molecular complexity index is 956. The number of amides is 2. The Morgan fingerprint density at radius 2 is 2.17 bits per heavy atom. The van der Waals surface area contributed by atoms with Gasteiger partial charge in [-0.25, -0.2) is 4.79 Å². The van der Waals surface area contributed by atoms with Crippen LogP contribution in [0.3, 0.4) is 0 Å². The fourth-order valence-electron chi connectivity index (χ4n) is 2.34. The molecule has 1 heterocycles. The lowest BCUT2D eigenvalue weighted by Crippen LogP contribution is -2.28. The highest BCUT2D eigenvalue weighted by atomic mass is 16.4. The Balaban J connectivity index is 2.08. The SMILES string of the molecule is CCNC(=O)Nc1nc2cc(-c3ccccc3O)cc(C#N)c2o1. The molecular weight excluding hydrogens is 308 g/mol. The number of benzene rings is 2. The molecule has 7 heteroatoms. The number of nitrogens with one attached hydrogen (secondary N) is 2. The van der Waals surface area contributed by atoms with Crippen LogP contribution in [0.2, 0.25) is 0 Å². The van der Waals surface area contributed by atoms with Gasteiger partial charge in [-0.2, -0.15) is 10.2 Å². The van der Waals surface area contributed by atoms with Gasteiger partial charge in [0.25, 0.3) is 0 Å². The molecule has 3 N–H and O–H groups in total. The van der Waals surface area contributed by atoms with Crippen LogP contribution >= 0.6 is 0 Å². The maximum absolute atomic E-state index is 11.6. The Morgan fingerprint density at radius 1 is 1.38 bits per heavy atom. The highest BCUT2D eigenvalue weighted by Crippen LogP contribution is 2.33. The first-order valence-electron chi connectivity index (χ1n) is 7.30. The van der Waals surface area contributed by atoms with E-state index in [-0.39, 0.29) is 22.9 Å². The number of hydrogen-bond acceptors (Lipinski definition) is 5. The molecule has 24 heavy (non-hydrogen) atoms. The molecule has 0 radical (unpaired) electrons. The van der Waals surface area contributed by atoms with Crippen molar-refractivity contribution in [3.8, 4) is 22.9 Å². The number of fused-ring (bicyclic) bond motifs is 1. The fourth-order valence-corrected chi connectivity index (χ4v) is 2.34. The fraction of sp³-hybridized carbons (Fsp3) is 0.118. The molecule has 0 atom stereocenters. The first-order valence-corrected chi connectivity index (χ1v) is 7.30. The van der Waals surface area contributed by atoms with Gasteiger partial charge in [0.15, 0.2) is 5.58 Å². The zero-order chi connectivity index (χ0) is 17.1. The molecule has 7 nitrogen and oxygen atoms in total. The van der Waals surface area contributed by atoms with Crippen molar-refractivity contribution in [1.29, 1.82) is 5.26 Å². The lowest BCUT2D eigenvalue weighted by Gasteiger charge is -2.04. The number of aromatic nitrogens is 1. The summed E-state index contributed by atoms with van der Waals surface area (Å²) in [6.07, 6.45) is 0. The van der Waals surface area contributed by atoms with Crippen molar-refractivity contribution in [3.63, 3.8) is 0 Å². The van der Waals surface area contributed by atoms with Gasteiger partial charge in [-0.3, -0.25) is 5.32 Å². The third-order valence-electron chi connectivity index (χ3n) is 3.38. The minimum absolute atomic E-state index is 0.00174. The number of hydrogen-bond donors (Lipinski definition) is 3. The van der Waals surface area contributed by atoms with Crippen molar-refractivity contribution in [1.82, 2.24) is 10.3 Å². The van der Waals surface area contributed by atoms with Gasteiger partial charge in [0, 0.05) is 12.1 Å². The number of anilines is 1. The standard InChI is InChI=1S/C17H14N4O3/c1-2-19-16(23)21-17-20-13-8-10(7-11(9-18)15(13)24-17)12-5-3-4-6-14(12)22/h3-8,22H,2H2,1H3,(H2,19,20,21,23). The van der Waals surface area contributed by atoms with E-state index in [2.05, 4.69) is 15.6 Å². The van der Waals surface area contributed by atoms with Gasteiger partial charge < -0.3 is 14.8 Å². The predicted octanol–water partition coefficient (Wildman–Crippen LogP) is 3.21. The average Bonchev–Trinajstić information content (AvgIpc) is 2.96. The number of urea groups is 1. The van der Waals surface area contributed by atoms with E-state index < -0.39 is 6.03 Å². The monoisotopic (exact) mass is 322 g/mol. The van der Waals surface area contributed by atoms with Crippen LogP contribution < -0.4 is 10.6 Å². The summed E-state index contributed by atoms with van der Waals surface area (Å²) in [6.45, 7) is 2.25. The largest absolute Gasteiger partial charge is 0.507 e. The van der Waals surface area contributed by atoms with E-state index in [1.165, 1.54) is 0 Å². The normalized spacial score (nSPS) is 10.3. The Hall–Kier alpha value is -3.53. The summed E-state index contributed by atoms with van der Waals surface area (Å²) in [5.41, 5.74) is 2.18. The highest BCUT2D eigenvalue weighted by Gasteiger charge is 2.15. The van der Waals surface area contributed by atoms with Crippen LogP contribution in [0.15, 0.2) is 40.8 Å². The van der Waals surface area contributed by atoms with Crippen molar-refractivity contribution in [2.45, 2.75) is 6.92 Å². The molecule has 0 bridgehead atoms. The van der Waals surface area contributed by atoms with Gasteiger partial charge in [-0.15, -0.1) is 0 Å². The summed E-state index contributed by atoms with van der Waals surface area (Å²) in [6, 6.07) is 11.7. The third-order valence-corrected chi connectivity index (χ3v) is 3.38. The zero-order valence-corrected chi connectivity index (χ0v) is 12.8. The molecular formula is C17H14N4O3. The smallest absolute Gasteiger partial charge is 0.322 e. The van der Waals surface area contributed by atoms with E-state index in [1.807, 2.05) is 6.07 Å². The summed E-state index contributed by atoms with van der Waals surface area (Å²) in [5, 5.41) is 24.4. The van der Waals surface area contributed by atoms with Crippen LogP contribution in [-0.2, 0) is 0 Å². The predicted molar refractivity (Wildman–Crippen MR) is 88.5 cm³/mol. The number of phenols is 1. The van der Waals surface area contributed by atoms with Crippen molar-refractivity contribution in [3.05, 3.63) is 42.0 Å². The van der Waals surface area contributed by atoms with Crippen molar-refractivity contribution < 1.29 is 14.3 Å². The molecule has 2 amide bonds. The molecule has 3 rings (SSSR count). The van der Waals surface area contributed by atoms with E-state index >= 15 is 0 Å². The molecule has 0 fully saturated rings. The van der Waals surface area contributed by atoms with Crippen LogP contribution in [0.1, 0.15) is 12.5 Å². The molecule has 0 unspecified atom stereocenters. The van der Waals surface area contributed by atoms with E-state index in [0.29, 0.717) is 23.2 Å². The van der Waals surface area contributed by atoms with Gasteiger partial charge >= 0.3 is 12.0 Å². The molecule has 120 valence electrons. The molecule has 3 aromatic rings. The number of rotatable bonds is 3. The molecule has 0 aliphatic heterocycles. The number of para-hydroxylation sites is 1. The molecule has 0 saturated heterocycles. The Labute approximate surface area is 137 Å². The number of nitriles is 1. The first kappa shape index (κ1) is 15.4. The second-order valence-corrected chi connectivity index (χ2v) is 5.00. The number of nitrogens with zero attached hydrogens (tertiary/aromatic N) is 2. The molecule has 0 aliphatic rings. The molecule has 0 spiro atoms. The Morgan fingerprint density at radius 3 is 2.88 bits per heavy atom. The summed E-state index contributed by atoms with van der Waals surface area (Å²) in [4.78, 5) is 15.7. The van der Waals surface area contributed by atoms with Crippen molar-refractivity contribution >= 4 is 23.1 Å². The average molecular weight is 322 g/mol. The zero-order valence-electron chi connectivity index (χ0n) is 12.8. The quantitative estimate of drug-likeness (QED) is 0.685. The minimum atomic E-state index is -0.441. The van der Waals surface area contributed by atoms with Gasteiger partial charge in [0.1, 0.15) is 17.3 Å². The summed E-state index contributed by atoms with van der Waals surface area (Å²) in [7, 11) is 0. The van der Waals surface area contributed by atoms with E-state index in [1.54, 1.807) is 43.3 Å². The van der Waals surface area contributed by atoms with Crippen LogP contribution in [0.25, 0.3) is 22.2 Å². The summed E-state index contributed by atoms with van der Waals surface area (Å²) in [5.74, 6) is 0.102. The molecule has 0 aliphatic carbocycles. The lowest BCUT2D eigenvalue weighted by molar-refractivity contribution is 0.252. The number of carbonyl (C=O) groups excluding carboxylic acids is 1. The maximum Gasteiger partial charge on any atom is 0.322 e. The van der Waals surface area contributed by atoms with Crippen molar-refractivity contribution in [2.75, 3.05) is 11.9 Å². The second kappa shape index (κ2) is 6.30. The summed E-state index contributed by atoms with van der Waals surface area (Å²) < 4.78 is 5.46. The van der Waals surface area contributed by atoms with E-state index in [9.17, 15) is 15.2 Å². The lowest BCUT2D eigenvalue weighted by atomic mass is 10.0. The second-order valence-electron chi connectivity index (χ2n) is 5.00. The summed E-state index contributed by atoms with van der Waals surface area (Å²) >= 11 is 0. The molecule has 2 aromatic carbocycles. The number of aromatic hydroxyl groups is 1. The van der Waals surface area contributed by atoms with Crippen molar-refractivity contribution in [2.24, 2.45) is 0 Å². The molecule has 0 saturated carbocycles. The number of oxazole rings is 1. The Kier molecular flexibility index (Phi) is 4.03. The van der Waals surface area contributed by atoms with E-state index in [4.69, 9.17) is 4.42 Å². The van der Waals surface area contributed by atoms with Gasteiger partial charge in [0.2, 0.25) is 0 Å². The maximum atomic E-state index is 11.6. The van der Waals surface area contributed by atoms with Gasteiger partial charge in [-0.1, -0.05) is 18.2 Å². The van der Waals surface area contributed by atoms with Gasteiger partial charge in [-0.05, 0) is 30.7 Å². The van der Waals surface area contributed by atoms with E-state index in [0.717, 1.165) is 0 Å². The minimum Gasteiger partial charge on any atom is -0.507 e. The first-order chi connectivity index (χ1) is 11.6. The van der Waals surface area contributed by atoms with Crippen LogP contribution in [0.4, 0.5) is 10.8 Å². The van der Waals surface area contributed by atoms with Crippen LogP contribution in [0, 0.1) is 11.3 Å². The third kappa shape index (κ3) is 2.85. The number of carbonyl (C=O) groups is 1.